The molecule has 0 saturated heterocycles. The van der Waals surface area contributed by atoms with Gasteiger partial charge >= 0.3 is 0 Å². The Hall–Kier alpha value is -0.0500. The highest BCUT2D eigenvalue weighted by atomic mass is 32.2. The molecule has 12 heavy (non-hydrogen) atoms. The summed E-state index contributed by atoms with van der Waals surface area (Å²) < 4.78 is 21.8. The Morgan fingerprint density at radius 2 is 1.75 bits per heavy atom. The largest absolute Gasteiger partial charge is 0.229 e. The summed E-state index contributed by atoms with van der Waals surface area (Å²) in [5, 5.41) is 0. The third-order valence-electron chi connectivity index (χ3n) is 2.26. The lowest BCUT2D eigenvalue weighted by Crippen LogP contribution is -2.17. The molecule has 0 spiro atoms. The van der Waals surface area contributed by atoms with Crippen molar-refractivity contribution in [1.29, 1.82) is 0 Å². The van der Waals surface area contributed by atoms with Crippen LogP contribution in [0.1, 0.15) is 41.0 Å². The van der Waals surface area contributed by atoms with Gasteiger partial charge in [-0.15, -0.1) is 0 Å². The Kier molecular flexibility index (Phi) is 4.83. The highest BCUT2D eigenvalue weighted by Gasteiger charge is 2.17. The molecular weight excluding hydrogens is 172 g/mol. The second kappa shape index (κ2) is 4.85. The van der Waals surface area contributed by atoms with E-state index in [1.807, 2.05) is 0 Å². The van der Waals surface area contributed by atoms with E-state index in [0.717, 1.165) is 12.8 Å². The number of hydrogen-bond donors (Lipinski definition) is 0. The summed E-state index contributed by atoms with van der Waals surface area (Å²) >= 11 is 0. The van der Waals surface area contributed by atoms with Crippen LogP contribution in [0.25, 0.3) is 0 Å². The highest BCUT2D eigenvalue weighted by Crippen LogP contribution is 2.24. The van der Waals surface area contributed by atoms with Gasteiger partial charge in [-0.05, 0) is 18.8 Å². The molecule has 76 valence electrons. The smallest absolute Gasteiger partial charge is 0.147 e. The first-order chi connectivity index (χ1) is 5.08. The van der Waals surface area contributed by atoms with E-state index in [9.17, 15) is 8.42 Å². The molecule has 0 N–H and O–H groups in total. The van der Waals surface area contributed by atoms with Crippen molar-refractivity contribution in [1.82, 2.24) is 0 Å². The standard InChI is InChI=1S/C8H16O2S.CH4.H2/c1-11(9,10)7-8-5-3-2-4-6-8;;/h8H,2-7H2,1H3;1H4;1H. The Balaban J connectivity index is 0. The molecule has 0 amide bonds. The molecule has 1 rings (SSSR count). The maximum Gasteiger partial charge on any atom is 0.147 e. The van der Waals surface area contributed by atoms with E-state index >= 15 is 0 Å². The molecule has 1 aliphatic rings. The fourth-order valence-corrected chi connectivity index (χ4v) is 2.97. The number of hydrogen-bond acceptors (Lipinski definition) is 2. The summed E-state index contributed by atoms with van der Waals surface area (Å²) in [6.07, 6.45) is 7.31. The van der Waals surface area contributed by atoms with E-state index in [1.165, 1.54) is 25.5 Å². The van der Waals surface area contributed by atoms with Crippen LogP contribution in [0.3, 0.4) is 0 Å². The van der Waals surface area contributed by atoms with E-state index in [1.54, 1.807) is 0 Å². The van der Waals surface area contributed by atoms with E-state index < -0.39 is 9.84 Å². The Morgan fingerprint density at radius 1 is 1.25 bits per heavy atom. The van der Waals surface area contributed by atoms with Crippen molar-refractivity contribution >= 4 is 9.84 Å². The van der Waals surface area contributed by atoms with Crippen LogP contribution in [0.15, 0.2) is 0 Å². The van der Waals surface area contributed by atoms with Gasteiger partial charge in [-0.25, -0.2) is 8.42 Å². The van der Waals surface area contributed by atoms with Crippen LogP contribution in [-0.4, -0.2) is 20.4 Å². The zero-order valence-corrected chi connectivity index (χ0v) is 7.86. The number of sulfone groups is 1. The van der Waals surface area contributed by atoms with Crippen molar-refractivity contribution in [3.8, 4) is 0 Å². The molecule has 0 aliphatic heterocycles. The van der Waals surface area contributed by atoms with Crippen molar-refractivity contribution < 1.29 is 9.84 Å². The van der Waals surface area contributed by atoms with E-state index in [0.29, 0.717) is 11.7 Å². The summed E-state index contributed by atoms with van der Waals surface area (Å²) in [4.78, 5) is 0. The van der Waals surface area contributed by atoms with Crippen LogP contribution in [0, 0.1) is 5.92 Å². The van der Waals surface area contributed by atoms with Crippen molar-refractivity contribution in [2.24, 2.45) is 5.92 Å². The highest BCUT2D eigenvalue weighted by molar-refractivity contribution is 7.90. The minimum Gasteiger partial charge on any atom is -0.229 e. The van der Waals surface area contributed by atoms with Crippen molar-refractivity contribution in [2.45, 2.75) is 39.5 Å². The normalized spacial score (nSPS) is 20.1. The maximum atomic E-state index is 10.9. The van der Waals surface area contributed by atoms with Crippen LogP contribution >= 0.6 is 0 Å². The maximum absolute atomic E-state index is 10.9. The molecule has 2 nitrogen and oxygen atoms in total. The quantitative estimate of drug-likeness (QED) is 0.677. The lowest BCUT2D eigenvalue weighted by atomic mass is 9.91. The van der Waals surface area contributed by atoms with Gasteiger partial charge in [-0.3, -0.25) is 0 Å². The SMILES string of the molecule is C.CS(=O)(=O)CC1CCCCC1.[HH]. The third-order valence-corrected chi connectivity index (χ3v) is 3.34. The molecule has 0 aromatic carbocycles. The van der Waals surface area contributed by atoms with Crippen molar-refractivity contribution in [3.63, 3.8) is 0 Å². The lowest BCUT2D eigenvalue weighted by Gasteiger charge is -2.20. The zero-order valence-electron chi connectivity index (χ0n) is 7.04. The van der Waals surface area contributed by atoms with Gasteiger partial charge in [0.25, 0.3) is 0 Å². The van der Waals surface area contributed by atoms with Gasteiger partial charge in [0.15, 0.2) is 0 Å². The van der Waals surface area contributed by atoms with Gasteiger partial charge in [0.05, 0.1) is 5.75 Å². The van der Waals surface area contributed by atoms with E-state index in [4.69, 9.17) is 0 Å². The molecule has 0 radical (unpaired) electrons. The summed E-state index contributed by atoms with van der Waals surface area (Å²) in [7, 11) is -2.72. The van der Waals surface area contributed by atoms with Gasteiger partial charge in [0, 0.05) is 7.68 Å². The molecule has 0 aromatic heterocycles. The molecule has 1 saturated carbocycles. The minimum atomic E-state index is -2.72. The van der Waals surface area contributed by atoms with Gasteiger partial charge in [-0.1, -0.05) is 26.7 Å². The topological polar surface area (TPSA) is 34.1 Å². The lowest BCUT2D eigenvalue weighted by molar-refractivity contribution is 0.385. The second-order valence-corrected chi connectivity index (χ2v) is 5.78. The van der Waals surface area contributed by atoms with Gasteiger partial charge in [0.1, 0.15) is 9.84 Å². The first-order valence-corrected chi connectivity index (χ1v) is 6.32. The van der Waals surface area contributed by atoms with Crippen molar-refractivity contribution in [2.75, 3.05) is 12.0 Å². The van der Waals surface area contributed by atoms with Gasteiger partial charge in [0.2, 0.25) is 0 Å². The van der Waals surface area contributed by atoms with E-state index in [-0.39, 0.29) is 8.85 Å². The van der Waals surface area contributed by atoms with Crippen LogP contribution in [0.5, 0.6) is 0 Å². The predicted molar refractivity (Wildman–Crippen MR) is 55.1 cm³/mol. The van der Waals surface area contributed by atoms with Crippen LogP contribution in [-0.2, 0) is 9.84 Å². The summed E-state index contributed by atoms with van der Waals surface area (Å²) in [5.41, 5.74) is 0. The average Bonchev–Trinajstić information content (AvgIpc) is 1.85. The summed E-state index contributed by atoms with van der Waals surface area (Å²) in [5.74, 6) is 0.867. The minimum absolute atomic E-state index is 0. The molecule has 3 heteroatoms. The second-order valence-electron chi connectivity index (χ2n) is 3.60. The Labute approximate surface area is 77.8 Å². The number of rotatable bonds is 2. The fourth-order valence-electron chi connectivity index (χ4n) is 1.78. The van der Waals surface area contributed by atoms with Crippen LogP contribution in [0.2, 0.25) is 0 Å². The predicted octanol–water partition coefficient (Wildman–Crippen LogP) is 2.49. The molecular formula is C9H22O2S. The Morgan fingerprint density at radius 3 is 2.17 bits per heavy atom. The molecule has 0 heterocycles. The first kappa shape index (κ1) is 11.9. The Bertz CT molecular complexity index is 206. The average molecular weight is 194 g/mol. The zero-order chi connectivity index (χ0) is 8.32. The monoisotopic (exact) mass is 194 g/mol. The van der Waals surface area contributed by atoms with Gasteiger partial charge in [-0.2, -0.15) is 0 Å². The third kappa shape index (κ3) is 4.75. The molecule has 0 bridgehead atoms. The van der Waals surface area contributed by atoms with Crippen LogP contribution < -0.4 is 0 Å². The first-order valence-electron chi connectivity index (χ1n) is 4.26. The molecule has 0 aromatic rings. The molecule has 1 aliphatic carbocycles. The van der Waals surface area contributed by atoms with Gasteiger partial charge < -0.3 is 0 Å². The molecule has 1 fully saturated rings. The molecule has 0 unspecified atom stereocenters. The van der Waals surface area contributed by atoms with Crippen molar-refractivity contribution in [3.05, 3.63) is 0 Å². The molecule has 0 atom stereocenters. The summed E-state index contributed by atoms with van der Waals surface area (Å²) in [6, 6.07) is 0. The fraction of sp³-hybridized carbons (Fsp3) is 1.00. The van der Waals surface area contributed by atoms with E-state index in [2.05, 4.69) is 0 Å². The summed E-state index contributed by atoms with van der Waals surface area (Å²) in [6.45, 7) is 0. The van der Waals surface area contributed by atoms with Crippen LogP contribution in [0.4, 0.5) is 0 Å².